The third-order valence-corrected chi connectivity index (χ3v) is 5.06. The summed E-state index contributed by atoms with van der Waals surface area (Å²) in [6.07, 6.45) is 5.81. The largest absolute Gasteiger partial charge is 0.305 e. The van der Waals surface area contributed by atoms with Crippen molar-refractivity contribution in [3.8, 4) is 6.07 Å². The number of nitrogens with one attached hydrogen (secondary N) is 1. The molecule has 0 aromatic rings. The van der Waals surface area contributed by atoms with E-state index in [-0.39, 0.29) is 5.54 Å². The Morgan fingerprint density at radius 2 is 2.00 bits per heavy atom. The first kappa shape index (κ1) is 16.7. The quantitative estimate of drug-likeness (QED) is 0.696. The first-order valence-corrected chi connectivity index (χ1v) is 8.51. The zero-order chi connectivity index (χ0) is 15.5. The Morgan fingerprint density at radius 3 is 2.52 bits per heavy atom. The molecule has 3 atom stereocenters. The summed E-state index contributed by atoms with van der Waals surface area (Å²) in [7, 11) is 4.37. The van der Waals surface area contributed by atoms with Crippen LogP contribution in [0.2, 0.25) is 0 Å². The van der Waals surface area contributed by atoms with Crippen LogP contribution in [0.25, 0.3) is 0 Å². The Hall–Kier alpha value is -0.630. The topological polar surface area (TPSA) is 42.3 Å². The minimum atomic E-state index is -0.314. The predicted molar refractivity (Wildman–Crippen MR) is 87.1 cm³/mol. The van der Waals surface area contributed by atoms with Crippen molar-refractivity contribution in [2.24, 2.45) is 5.92 Å². The van der Waals surface area contributed by atoms with Crippen LogP contribution in [-0.2, 0) is 0 Å². The first-order valence-electron chi connectivity index (χ1n) is 8.51. The van der Waals surface area contributed by atoms with E-state index in [1.54, 1.807) is 0 Å². The molecule has 4 nitrogen and oxygen atoms in total. The molecule has 1 saturated heterocycles. The Bertz CT molecular complexity index is 371. The van der Waals surface area contributed by atoms with Crippen molar-refractivity contribution < 1.29 is 0 Å². The normalized spacial score (nSPS) is 29.5. The van der Waals surface area contributed by atoms with Gasteiger partial charge in [-0.25, -0.2) is 0 Å². The van der Waals surface area contributed by atoms with E-state index in [0.717, 1.165) is 18.8 Å². The number of likely N-dealkylation sites (tertiary alicyclic amines) is 1. The van der Waals surface area contributed by atoms with Crippen LogP contribution < -0.4 is 5.32 Å². The van der Waals surface area contributed by atoms with Gasteiger partial charge in [0.25, 0.3) is 0 Å². The fourth-order valence-electron chi connectivity index (χ4n) is 3.56. The number of nitriles is 1. The summed E-state index contributed by atoms with van der Waals surface area (Å²) in [5.41, 5.74) is -0.314. The average Bonchev–Trinajstić information content (AvgIpc) is 3.15. The van der Waals surface area contributed by atoms with Crippen LogP contribution >= 0.6 is 0 Å². The van der Waals surface area contributed by atoms with Crippen molar-refractivity contribution in [2.45, 2.75) is 63.6 Å². The fourth-order valence-corrected chi connectivity index (χ4v) is 3.56. The third-order valence-electron chi connectivity index (χ3n) is 5.06. The number of hydrogen-bond acceptors (Lipinski definition) is 4. The van der Waals surface area contributed by atoms with E-state index in [0.29, 0.717) is 12.1 Å². The summed E-state index contributed by atoms with van der Waals surface area (Å²) < 4.78 is 0. The molecule has 4 heteroatoms. The summed E-state index contributed by atoms with van der Waals surface area (Å²) in [5.74, 6) is 0.765. The van der Waals surface area contributed by atoms with Crippen LogP contribution in [0.15, 0.2) is 0 Å². The second kappa shape index (κ2) is 7.09. The molecule has 0 radical (unpaired) electrons. The van der Waals surface area contributed by atoms with Gasteiger partial charge in [0.05, 0.1) is 6.07 Å². The third kappa shape index (κ3) is 4.95. The SMILES string of the molecule is CC1CN(CCCCC(C)(C#N)NC2CC2)CC1N(C)C. The zero-order valence-electron chi connectivity index (χ0n) is 14.2. The molecule has 2 rings (SSSR count). The highest BCUT2D eigenvalue weighted by molar-refractivity contribution is 5.06. The highest BCUT2D eigenvalue weighted by atomic mass is 15.2. The Morgan fingerprint density at radius 1 is 1.29 bits per heavy atom. The van der Waals surface area contributed by atoms with Gasteiger partial charge in [0.2, 0.25) is 0 Å². The van der Waals surface area contributed by atoms with Gasteiger partial charge in [-0.05, 0) is 65.6 Å². The lowest BCUT2D eigenvalue weighted by Crippen LogP contribution is -2.42. The van der Waals surface area contributed by atoms with Crippen molar-refractivity contribution in [1.29, 1.82) is 5.26 Å². The molecule has 1 saturated carbocycles. The molecule has 0 spiro atoms. The van der Waals surface area contributed by atoms with Gasteiger partial charge in [-0.1, -0.05) is 6.92 Å². The van der Waals surface area contributed by atoms with Gasteiger partial charge in [0.15, 0.2) is 0 Å². The van der Waals surface area contributed by atoms with Crippen molar-refractivity contribution in [2.75, 3.05) is 33.7 Å². The minimum Gasteiger partial charge on any atom is -0.305 e. The fraction of sp³-hybridized carbons (Fsp3) is 0.941. The number of likely N-dealkylation sites (N-methyl/N-ethyl adjacent to an activating group) is 1. The van der Waals surface area contributed by atoms with Gasteiger partial charge >= 0.3 is 0 Å². The molecule has 0 amide bonds. The van der Waals surface area contributed by atoms with Gasteiger partial charge in [-0.2, -0.15) is 5.26 Å². The van der Waals surface area contributed by atoms with E-state index in [4.69, 9.17) is 0 Å². The highest BCUT2D eigenvalue weighted by Gasteiger charge is 2.33. The van der Waals surface area contributed by atoms with Crippen LogP contribution in [-0.4, -0.2) is 61.2 Å². The lowest BCUT2D eigenvalue weighted by Gasteiger charge is -2.24. The number of unbranched alkanes of at least 4 members (excludes halogenated alkanes) is 1. The van der Waals surface area contributed by atoms with Crippen LogP contribution in [0.5, 0.6) is 0 Å². The monoisotopic (exact) mass is 292 g/mol. The van der Waals surface area contributed by atoms with Gasteiger partial charge in [0, 0.05) is 25.2 Å². The van der Waals surface area contributed by atoms with Gasteiger partial charge in [-0.3, -0.25) is 5.32 Å². The maximum atomic E-state index is 9.37. The highest BCUT2D eigenvalue weighted by Crippen LogP contribution is 2.25. The first-order chi connectivity index (χ1) is 9.93. The van der Waals surface area contributed by atoms with Gasteiger partial charge in [-0.15, -0.1) is 0 Å². The van der Waals surface area contributed by atoms with Crippen molar-refractivity contribution in [3.05, 3.63) is 0 Å². The van der Waals surface area contributed by atoms with E-state index in [1.807, 2.05) is 0 Å². The molecule has 1 aliphatic carbocycles. The number of hydrogen-bond donors (Lipinski definition) is 1. The number of nitrogens with zero attached hydrogens (tertiary/aromatic N) is 3. The molecule has 0 bridgehead atoms. The summed E-state index contributed by atoms with van der Waals surface area (Å²) >= 11 is 0. The van der Waals surface area contributed by atoms with Crippen LogP contribution in [0, 0.1) is 17.2 Å². The Balaban J connectivity index is 1.64. The molecule has 1 heterocycles. The van der Waals surface area contributed by atoms with Crippen LogP contribution in [0.4, 0.5) is 0 Å². The average molecular weight is 292 g/mol. The molecule has 1 aliphatic heterocycles. The summed E-state index contributed by atoms with van der Waals surface area (Å²) in [4.78, 5) is 4.95. The maximum Gasteiger partial charge on any atom is 0.104 e. The van der Waals surface area contributed by atoms with Crippen molar-refractivity contribution in [1.82, 2.24) is 15.1 Å². The minimum absolute atomic E-state index is 0.314. The van der Waals surface area contributed by atoms with Crippen LogP contribution in [0.3, 0.4) is 0 Å². The van der Waals surface area contributed by atoms with E-state index >= 15 is 0 Å². The van der Waals surface area contributed by atoms with Gasteiger partial charge in [0.1, 0.15) is 5.54 Å². The Kier molecular flexibility index (Phi) is 5.65. The summed E-state index contributed by atoms with van der Waals surface area (Å²) in [6.45, 7) is 8.02. The Labute approximate surface area is 130 Å². The van der Waals surface area contributed by atoms with Gasteiger partial charge < -0.3 is 9.80 Å². The standard InChI is InChI=1S/C17H32N4/c1-14-11-21(12-16(14)20(3)4)10-6-5-9-17(2,13-18)19-15-7-8-15/h14-16,19H,5-12H2,1-4H3. The zero-order valence-corrected chi connectivity index (χ0v) is 14.2. The lowest BCUT2D eigenvalue weighted by atomic mass is 9.96. The molecular weight excluding hydrogens is 260 g/mol. The van der Waals surface area contributed by atoms with E-state index in [1.165, 1.54) is 38.9 Å². The maximum absolute atomic E-state index is 9.37. The van der Waals surface area contributed by atoms with E-state index < -0.39 is 0 Å². The smallest absolute Gasteiger partial charge is 0.104 e. The lowest BCUT2D eigenvalue weighted by molar-refractivity contribution is 0.250. The molecule has 1 N–H and O–H groups in total. The second-order valence-corrected chi connectivity index (χ2v) is 7.59. The molecule has 2 fully saturated rings. The molecular formula is C17H32N4. The second-order valence-electron chi connectivity index (χ2n) is 7.59. The van der Waals surface area contributed by atoms with Crippen molar-refractivity contribution in [3.63, 3.8) is 0 Å². The number of rotatable bonds is 8. The predicted octanol–water partition coefficient (Wildman–Crippen LogP) is 2.07. The molecule has 2 aliphatic rings. The molecule has 3 unspecified atom stereocenters. The molecule has 21 heavy (non-hydrogen) atoms. The molecule has 0 aromatic heterocycles. The van der Waals surface area contributed by atoms with Crippen LogP contribution in [0.1, 0.15) is 46.0 Å². The summed E-state index contributed by atoms with van der Waals surface area (Å²) in [6, 6.07) is 3.78. The van der Waals surface area contributed by atoms with Crippen molar-refractivity contribution >= 4 is 0 Å². The summed E-state index contributed by atoms with van der Waals surface area (Å²) in [5, 5.41) is 12.9. The molecule has 0 aromatic carbocycles. The molecule has 120 valence electrons. The van der Waals surface area contributed by atoms with E-state index in [2.05, 4.69) is 49.1 Å². The van der Waals surface area contributed by atoms with E-state index in [9.17, 15) is 5.26 Å².